The third-order valence-electron chi connectivity index (χ3n) is 2.45. The van der Waals surface area contributed by atoms with Crippen LogP contribution in [0.1, 0.15) is 21.5 Å². The van der Waals surface area contributed by atoms with Gasteiger partial charge < -0.3 is 14.2 Å². The molecule has 0 saturated carbocycles. The molecular formula is C12H15ClO4. The Morgan fingerprint density at radius 2 is 1.82 bits per heavy atom. The Kier molecular flexibility index (Phi) is 4.63. The topological polar surface area (TPSA) is 44.8 Å². The molecule has 0 amide bonds. The molecule has 0 N–H and O–H groups in total. The second-order valence-corrected chi connectivity index (χ2v) is 3.69. The first-order valence-corrected chi connectivity index (χ1v) is 5.52. The maximum atomic E-state index is 11.7. The lowest BCUT2D eigenvalue weighted by Crippen LogP contribution is -2.09. The average Bonchev–Trinajstić information content (AvgIpc) is 2.36. The summed E-state index contributed by atoms with van der Waals surface area (Å²) in [5, 5.41) is 0. The number of hydrogen-bond donors (Lipinski definition) is 0. The van der Waals surface area contributed by atoms with E-state index in [2.05, 4.69) is 0 Å². The fourth-order valence-corrected chi connectivity index (χ4v) is 1.93. The first kappa shape index (κ1) is 13.6. The minimum Gasteiger partial charge on any atom is -0.493 e. The van der Waals surface area contributed by atoms with E-state index in [-0.39, 0.29) is 5.88 Å². The van der Waals surface area contributed by atoms with Crippen molar-refractivity contribution >= 4 is 17.6 Å². The van der Waals surface area contributed by atoms with Crippen LogP contribution in [-0.4, -0.2) is 27.3 Å². The second kappa shape index (κ2) is 5.77. The smallest absolute Gasteiger partial charge is 0.342 e. The van der Waals surface area contributed by atoms with Crippen LogP contribution in [0.2, 0.25) is 0 Å². The molecule has 0 fully saturated rings. The van der Waals surface area contributed by atoms with Crippen molar-refractivity contribution < 1.29 is 19.0 Å². The molecule has 0 saturated heterocycles. The average molecular weight is 259 g/mol. The lowest BCUT2D eigenvalue weighted by atomic mass is 10.0. The van der Waals surface area contributed by atoms with Crippen LogP contribution in [0.15, 0.2) is 6.07 Å². The lowest BCUT2D eigenvalue weighted by molar-refractivity contribution is 0.0595. The minimum atomic E-state index is -0.490. The molecule has 4 nitrogen and oxygen atoms in total. The van der Waals surface area contributed by atoms with E-state index in [1.807, 2.05) is 6.92 Å². The number of ether oxygens (including phenoxy) is 3. The normalized spacial score (nSPS) is 9.94. The highest BCUT2D eigenvalue weighted by molar-refractivity contribution is 6.18. The first-order chi connectivity index (χ1) is 8.10. The molecule has 0 atom stereocenters. The van der Waals surface area contributed by atoms with Crippen molar-refractivity contribution in [2.45, 2.75) is 12.8 Å². The number of alkyl halides is 1. The molecule has 0 aromatic heterocycles. The Bertz CT molecular complexity index is 429. The molecule has 0 heterocycles. The Morgan fingerprint density at radius 1 is 1.24 bits per heavy atom. The van der Waals surface area contributed by atoms with Crippen LogP contribution < -0.4 is 9.47 Å². The Labute approximate surface area is 105 Å². The molecule has 1 aromatic rings. The van der Waals surface area contributed by atoms with Gasteiger partial charge in [0, 0.05) is 5.88 Å². The molecule has 1 rings (SSSR count). The van der Waals surface area contributed by atoms with E-state index in [0.29, 0.717) is 22.6 Å². The van der Waals surface area contributed by atoms with E-state index in [4.69, 9.17) is 25.8 Å². The van der Waals surface area contributed by atoms with Gasteiger partial charge in [-0.3, -0.25) is 0 Å². The molecule has 17 heavy (non-hydrogen) atoms. The zero-order valence-corrected chi connectivity index (χ0v) is 11.1. The molecule has 0 aliphatic carbocycles. The van der Waals surface area contributed by atoms with Crippen LogP contribution in [0.25, 0.3) is 0 Å². The number of benzene rings is 1. The molecule has 0 aliphatic rings. The van der Waals surface area contributed by atoms with E-state index in [1.165, 1.54) is 21.3 Å². The fourth-order valence-electron chi connectivity index (χ4n) is 1.72. The van der Waals surface area contributed by atoms with Crippen molar-refractivity contribution in [3.8, 4) is 11.5 Å². The number of hydrogen-bond acceptors (Lipinski definition) is 4. The first-order valence-electron chi connectivity index (χ1n) is 4.99. The summed E-state index contributed by atoms with van der Waals surface area (Å²) in [5.74, 6) is 0.582. The van der Waals surface area contributed by atoms with Gasteiger partial charge in [-0.1, -0.05) is 6.07 Å². The zero-order chi connectivity index (χ0) is 13.0. The van der Waals surface area contributed by atoms with Gasteiger partial charge >= 0.3 is 5.97 Å². The van der Waals surface area contributed by atoms with Gasteiger partial charge in [0.25, 0.3) is 0 Å². The summed E-state index contributed by atoms with van der Waals surface area (Å²) < 4.78 is 15.2. The molecule has 5 heteroatoms. The largest absolute Gasteiger partial charge is 0.493 e. The quantitative estimate of drug-likeness (QED) is 0.615. The van der Waals surface area contributed by atoms with Crippen molar-refractivity contribution in [1.29, 1.82) is 0 Å². The van der Waals surface area contributed by atoms with E-state index >= 15 is 0 Å². The van der Waals surface area contributed by atoms with Gasteiger partial charge in [0.1, 0.15) is 5.56 Å². The standard InChI is InChI=1S/C12H15ClO4/c1-7-5-8(6-13)9(12(14)17-4)11(16-3)10(7)15-2/h5H,6H2,1-4H3. The number of aryl methyl sites for hydroxylation is 1. The molecule has 0 aliphatic heterocycles. The van der Waals surface area contributed by atoms with Crippen LogP contribution in [0.4, 0.5) is 0 Å². The van der Waals surface area contributed by atoms with Crippen molar-refractivity contribution in [1.82, 2.24) is 0 Å². The van der Waals surface area contributed by atoms with Crippen molar-refractivity contribution in [3.63, 3.8) is 0 Å². The highest BCUT2D eigenvalue weighted by Gasteiger charge is 2.23. The Hall–Kier alpha value is -1.42. The van der Waals surface area contributed by atoms with Crippen LogP contribution in [-0.2, 0) is 10.6 Å². The molecule has 0 spiro atoms. The summed E-state index contributed by atoms with van der Waals surface area (Å²) in [6.45, 7) is 1.86. The third kappa shape index (κ3) is 2.47. The summed E-state index contributed by atoms with van der Waals surface area (Å²) in [6.07, 6.45) is 0. The predicted molar refractivity (Wildman–Crippen MR) is 65.2 cm³/mol. The van der Waals surface area contributed by atoms with E-state index < -0.39 is 5.97 Å². The second-order valence-electron chi connectivity index (χ2n) is 3.42. The molecule has 0 radical (unpaired) electrons. The zero-order valence-electron chi connectivity index (χ0n) is 10.3. The van der Waals surface area contributed by atoms with E-state index in [9.17, 15) is 4.79 Å². The van der Waals surface area contributed by atoms with E-state index in [1.54, 1.807) is 6.07 Å². The molecule has 1 aromatic carbocycles. The number of esters is 1. The van der Waals surface area contributed by atoms with Gasteiger partial charge in [0.05, 0.1) is 21.3 Å². The lowest BCUT2D eigenvalue weighted by Gasteiger charge is -2.16. The number of halogens is 1. The number of methoxy groups -OCH3 is 3. The van der Waals surface area contributed by atoms with Gasteiger partial charge in [-0.15, -0.1) is 11.6 Å². The highest BCUT2D eigenvalue weighted by Crippen LogP contribution is 2.37. The Balaban J connectivity index is 3.56. The fraction of sp³-hybridized carbons (Fsp3) is 0.417. The van der Waals surface area contributed by atoms with Crippen LogP contribution in [0.3, 0.4) is 0 Å². The third-order valence-corrected chi connectivity index (χ3v) is 2.73. The summed E-state index contributed by atoms with van der Waals surface area (Å²) >= 11 is 5.83. The molecular weight excluding hydrogens is 244 g/mol. The maximum Gasteiger partial charge on any atom is 0.342 e. The minimum absolute atomic E-state index is 0.200. The van der Waals surface area contributed by atoms with E-state index in [0.717, 1.165) is 5.56 Å². The predicted octanol–water partition coefficient (Wildman–Crippen LogP) is 2.54. The SMILES string of the molecule is COC(=O)c1c(CCl)cc(C)c(OC)c1OC. The summed E-state index contributed by atoms with van der Waals surface area (Å²) in [4.78, 5) is 11.7. The van der Waals surface area contributed by atoms with Gasteiger partial charge in [0.15, 0.2) is 11.5 Å². The highest BCUT2D eigenvalue weighted by atomic mass is 35.5. The molecule has 0 bridgehead atoms. The van der Waals surface area contributed by atoms with Gasteiger partial charge in [-0.05, 0) is 18.1 Å². The van der Waals surface area contributed by atoms with Crippen LogP contribution in [0.5, 0.6) is 11.5 Å². The monoisotopic (exact) mass is 258 g/mol. The van der Waals surface area contributed by atoms with Crippen molar-refractivity contribution in [3.05, 3.63) is 22.8 Å². The van der Waals surface area contributed by atoms with Crippen molar-refractivity contribution in [2.75, 3.05) is 21.3 Å². The van der Waals surface area contributed by atoms with Crippen LogP contribution in [0, 0.1) is 6.92 Å². The summed E-state index contributed by atoms with van der Waals surface area (Å²) in [6, 6.07) is 1.79. The Morgan fingerprint density at radius 3 is 2.24 bits per heavy atom. The van der Waals surface area contributed by atoms with Crippen molar-refractivity contribution in [2.24, 2.45) is 0 Å². The van der Waals surface area contributed by atoms with Gasteiger partial charge in [0.2, 0.25) is 0 Å². The molecule has 0 unspecified atom stereocenters. The van der Waals surface area contributed by atoms with Gasteiger partial charge in [-0.2, -0.15) is 0 Å². The molecule has 94 valence electrons. The number of rotatable bonds is 4. The van der Waals surface area contributed by atoms with Gasteiger partial charge in [-0.25, -0.2) is 4.79 Å². The maximum absolute atomic E-state index is 11.7. The summed E-state index contributed by atoms with van der Waals surface area (Å²) in [7, 11) is 4.31. The van der Waals surface area contributed by atoms with Crippen LogP contribution >= 0.6 is 11.6 Å². The summed E-state index contributed by atoms with van der Waals surface area (Å²) in [5.41, 5.74) is 1.83. The number of carbonyl (C=O) groups excluding carboxylic acids is 1. The number of carbonyl (C=O) groups is 1.